The van der Waals surface area contributed by atoms with E-state index >= 15 is 0 Å². The molecule has 2 aromatic carbocycles. The number of alkyl halides is 3. The summed E-state index contributed by atoms with van der Waals surface area (Å²) in [4.78, 5) is 28.2. The molecule has 1 aromatic heterocycles. The van der Waals surface area contributed by atoms with Gasteiger partial charge in [-0.3, -0.25) is 9.59 Å². The molecule has 6 nitrogen and oxygen atoms in total. The molecule has 1 unspecified atom stereocenters. The molecule has 0 aliphatic rings. The predicted molar refractivity (Wildman–Crippen MR) is 105 cm³/mol. The van der Waals surface area contributed by atoms with Gasteiger partial charge in [-0.15, -0.1) is 11.3 Å². The maximum Gasteiger partial charge on any atom is 0.416 e. The highest BCUT2D eigenvalue weighted by molar-refractivity contribution is 7.15. The molecule has 1 heterocycles. The van der Waals surface area contributed by atoms with E-state index in [0.717, 1.165) is 54.8 Å². The summed E-state index contributed by atoms with van der Waals surface area (Å²) >= 11 is 0.732. The van der Waals surface area contributed by atoms with E-state index in [1.165, 1.54) is 6.07 Å². The minimum atomic E-state index is -4.62. The van der Waals surface area contributed by atoms with Gasteiger partial charge in [0.05, 0.1) is 10.4 Å². The number of benzene rings is 2. The number of hydrogen-bond acceptors (Lipinski definition) is 5. The van der Waals surface area contributed by atoms with Gasteiger partial charge in [0, 0.05) is 7.11 Å². The largest absolute Gasteiger partial charge is 0.416 e. The third-order valence-corrected chi connectivity index (χ3v) is 5.39. The van der Waals surface area contributed by atoms with Gasteiger partial charge in [0.2, 0.25) is 0 Å². The minimum absolute atomic E-state index is 0.00645. The zero-order valence-corrected chi connectivity index (χ0v) is 17.0. The van der Waals surface area contributed by atoms with Crippen molar-refractivity contribution >= 4 is 23.2 Å². The first kappa shape index (κ1) is 23.3. The van der Waals surface area contributed by atoms with Crippen LogP contribution in [-0.2, 0) is 10.9 Å². The molecule has 0 fully saturated rings. The van der Waals surface area contributed by atoms with E-state index < -0.39 is 47.0 Å². The molecule has 1 atom stereocenters. The maximum absolute atomic E-state index is 13.9. The summed E-state index contributed by atoms with van der Waals surface area (Å²) in [5, 5.41) is 2.15. The van der Waals surface area contributed by atoms with Gasteiger partial charge < -0.3 is 15.8 Å². The van der Waals surface area contributed by atoms with Crippen LogP contribution in [-0.4, -0.2) is 23.9 Å². The Morgan fingerprint density at radius 2 is 1.75 bits per heavy atom. The van der Waals surface area contributed by atoms with Crippen molar-refractivity contribution in [3.8, 4) is 10.4 Å². The molecule has 0 aliphatic carbocycles. The second kappa shape index (κ2) is 9.01. The number of ether oxygens (including phenoxy) is 1. The molecular weight excluding hydrogens is 457 g/mol. The molecule has 0 aliphatic heterocycles. The Hall–Kier alpha value is -3.38. The topological polar surface area (TPSA) is 94.3 Å². The van der Waals surface area contributed by atoms with E-state index in [9.17, 15) is 31.5 Å². The monoisotopic (exact) mass is 471 g/mol. The van der Waals surface area contributed by atoms with Crippen LogP contribution in [0.4, 0.5) is 22.0 Å². The highest BCUT2D eigenvalue weighted by Crippen LogP contribution is 2.37. The number of nitrogens with zero attached hydrogens (tertiary/aromatic N) is 1. The number of amides is 2. The highest BCUT2D eigenvalue weighted by atomic mass is 32.1. The normalized spacial score (nSPS) is 12.4. The molecule has 12 heteroatoms. The number of thiazole rings is 1. The third kappa shape index (κ3) is 4.75. The van der Waals surface area contributed by atoms with Gasteiger partial charge in [0.1, 0.15) is 27.9 Å². The fourth-order valence-corrected chi connectivity index (χ4v) is 3.87. The Morgan fingerprint density at radius 3 is 2.31 bits per heavy atom. The van der Waals surface area contributed by atoms with Gasteiger partial charge in [-0.25, -0.2) is 13.8 Å². The molecule has 3 aromatic rings. The average Bonchev–Trinajstić information content (AvgIpc) is 3.17. The molecule has 3 rings (SSSR count). The molecule has 0 radical (unpaired) electrons. The zero-order chi connectivity index (χ0) is 23.6. The highest BCUT2D eigenvalue weighted by Gasteiger charge is 2.32. The average molecular weight is 471 g/mol. The molecule has 0 spiro atoms. The third-order valence-electron chi connectivity index (χ3n) is 4.24. The van der Waals surface area contributed by atoms with Crippen molar-refractivity contribution in [3.05, 3.63) is 75.9 Å². The van der Waals surface area contributed by atoms with Crippen LogP contribution in [0.1, 0.15) is 37.6 Å². The first-order valence-corrected chi connectivity index (χ1v) is 9.60. The van der Waals surface area contributed by atoms with E-state index in [0.29, 0.717) is 0 Å². The Balaban J connectivity index is 2.00. The Kier molecular flexibility index (Phi) is 6.55. The lowest BCUT2D eigenvalue weighted by Gasteiger charge is -2.15. The molecule has 168 valence electrons. The first-order valence-electron chi connectivity index (χ1n) is 8.78. The van der Waals surface area contributed by atoms with E-state index in [2.05, 4.69) is 10.3 Å². The summed E-state index contributed by atoms with van der Waals surface area (Å²) < 4.78 is 72.1. The van der Waals surface area contributed by atoms with Crippen molar-refractivity contribution in [1.29, 1.82) is 0 Å². The molecule has 0 bridgehead atoms. The molecule has 0 saturated carbocycles. The van der Waals surface area contributed by atoms with E-state index in [1.807, 2.05) is 0 Å². The SMILES string of the molecule is COC(NC(=O)c1c(F)cccc1F)c1nc(C(N)=O)c(-c2cccc(C(F)(F)F)c2)s1. The number of primary amides is 1. The number of rotatable bonds is 6. The molecule has 2 amide bonds. The van der Waals surface area contributed by atoms with Crippen molar-refractivity contribution < 1.29 is 36.3 Å². The summed E-state index contributed by atoms with van der Waals surface area (Å²) in [5.74, 6) is -4.41. The van der Waals surface area contributed by atoms with Gasteiger partial charge >= 0.3 is 6.18 Å². The van der Waals surface area contributed by atoms with E-state index in [4.69, 9.17) is 10.5 Å². The van der Waals surface area contributed by atoms with Crippen LogP contribution in [0.5, 0.6) is 0 Å². The molecule has 0 saturated heterocycles. The second-order valence-corrected chi connectivity index (χ2v) is 7.39. The first-order chi connectivity index (χ1) is 15.0. The number of aromatic nitrogens is 1. The van der Waals surface area contributed by atoms with Gasteiger partial charge in [0.25, 0.3) is 11.8 Å². The Labute approximate surface area is 181 Å². The fourth-order valence-electron chi connectivity index (χ4n) is 2.78. The van der Waals surface area contributed by atoms with E-state index in [-0.39, 0.29) is 21.1 Å². The molecule has 32 heavy (non-hydrogen) atoms. The van der Waals surface area contributed by atoms with Crippen molar-refractivity contribution in [1.82, 2.24) is 10.3 Å². The summed E-state index contributed by atoms with van der Waals surface area (Å²) in [6.45, 7) is 0. The smallest absolute Gasteiger partial charge is 0.364 e. The van der Waals surface area contributed by atoms with Crippen molar-refractivity contribution in [2.45, 2.75) is 12.4 Å². The fraction of sp³-hybridized carbons (Fsp3) is 0.150. The van der Waals surface area contributed by atoms with Gasteiger partial charge in [-0.05, 0) is 29.8 Å². The number of halogens is 5. The van der Waals surface area contributed by atoms with Crippen molar-refractivity contribution in [3.63, 3.8) is 0 Å². The van der Waals surface area contributed by atoms with Crippen LogP contribution in [0.25, 0.3) is 10.4 Å². The van der Waals surface area contributed by atoms with Crippen LogP contribution >= 0.6 is 11.3 Å². The van der Waals surface area contributed by atoms with Crippen LogP contribution < -0.4 is 11.1 Å². The van der Waals surface area contributed by atoms with Crippen LogP contribution in [0.15, 0.2) is 42.5 Å². The lowest BCUT2D eigenvalue weighted by molar-refractivity contribution is -0.137. The zero-order valence-electron chi connectivity index (χ0n) is 16.2. The van der Waals surface area contributed by atoms with Crippen LogP contribution in [0.2, 0.25) is 0 Å². The standard InChI is InChI=1S/C20H14F5N3O3S/c1-31-18(28-17(30)13-11(21)6-3-7-12(13)22)19-27-14(16(26)29)15(32-19)9-4-2-5-10(8-9)20(23,24)25/h2-8,18H,1H3,(H2,26,29)(H,28,30). The number of nitrogens with one attached hydrogen (secondary N) is 1. The van der Waals surface area contributed by atoms with Crippen LogP contribution in [0, 0.1) is 11.6 Å². The number of nitrogens with two attached hydrogens (primary N) is 1. The quantitative estimate of drug-likeness (QED) is 0.415. The minimum Gasteiger partial charge on any atom is -0.364 e. The summed E-state index contributed by atoms with van der Waals surface area (Å²) in [7, 11) is 1.15. The van der Waals surface area contributed by atoms with Gasteiger partial charge in [0.15, 0.2) is 6.23 Å². The second-order valence-electron chi connectivity index (χ2n) is 6.36. The maximum atomic E-state index is 13.9. The number of carbonyl (C=O) groups excluding carboxylic acids is 2. The number of carbonyl (C=O) groups is 2. The molecule has 3 N–H and O–H groups in total. The van der Waals surface area contributed by atoms with Crippen molar-refractivity contribution in [2.75, 3.05) is 7.11 Å². The summed E-state index contributed by atoms with van der Waals surface area (Å²) in [6, 6.07) is 7.01. The van der Waals surface area contributed by atoms with Crippen LogP contribution in [0.3, 0.4) is 0 Å². The number of methoxy groups -OCH3 is 1. The molecular formula is C20H14F5N3O3S. The Morgan fingerprint density at radius 1 is 1.12 bits per heavy atom. The van der Waals surface area contributed by atoms with Gasteiger partial charge in [-0.1, -0.05) is 18.2 Å². The summed E-state index contributed by atoms with van der Waals surface area (Å²) in [6.07, 6.45) is -5.99. The lowest BCUT2D eigenvalue weighted by Crippen LogP contribution is -2.31. The lowest BCUT2D eigenvalue weighted by atomic mass is 10.1. The predicted octanol–water partition coefficient (Wildman–Crippen LogP) is 4.28. The number of hydrogen-bond donors (Lipinski definition) is 2. The van der Waals surface area contributed by atoms with Gasteiger partial charge in [-0.2, -0.15) is 13.2 Å². The Bertz CT molecular complexity index is 1160. The van der Waals surface area contributed by atoms with E-state index in [1.54, 1.807) is 0 Å². The summed E-state index contributed by atoms with van der Waals surface area (Å²) in [5.41, 5.74) is 3.17. The van der Waals surface area contributed by atoms with Crippen molar-refractivity contribution in [2.24, 2.45) is 5.73 Å².